The van der Waals surface area contributed by atoms with E-state index in [0.29, 0.717) is 11.5 Å². The van der Waals surface area contributed by atoms with Crippen molar-refractivity contribution >= 4 is 44.2 Å². The third kappa shape index (κ3) is 2.08. The minimum atomic E-state index is -1.04. The van der Waals surface area contributed by atoms with E-state index in [-0.39, 0.29) is 5.78 Å². The van der Waals surface area contributed by atoms with Crippen LogP contribution in [-0.4, -0.2) is 17.0 Å². The van der Waals surface area contributed by atoms with Gasteiger partial charge in [-0.15, -0.1) is 0 Å². The van der Waals surface area contributed by atoms with Gasteiger partial charge in [-0.2, -0.15) is 0 Å². The van der Waals surface area contributed by atoms with Gasteiger partial charge >= 0.3 is 0 Å². The fourth-order valence-corrected chi connectivity index (χ4v) is 4.61. The molecule has 0 aliphatic heterocycles. The van der Waals surface area contributed by atoms with Crippen molar-refractivity contribution in [3.05, 3.63) is 77.4 Å². The first-order valence-electron chi connectivity index (χ1n) is 9.54. The Balaban J connectivity index is 1.80. The molecule has 130 valence electrons. The van der Waals surface area contributed by atoms with Crippen LogP contribution < -0.4 is 0 Å². The Morgan fingerprint density at radius 3 is 2.41 bits per heavy atom. The van der Waals surface area contributed by atoms with Crippen molar-refractivity contribution in [2.24, 2.45) is 0 Å². The van der Waals surface area contributed by atoms with E-state index < -0.39 is 6.10 Å². The molecule has 1 atom stereocenters. The summed E-state index contributed by atoms with van der Waals surface area (Å²) in [4.78, 5) is 12.9. The standard InChI is InChI=1S/C25H18O2/c26-23-12-11-19-21(15-5-6-15)13-22-18-8-7-14-3-1-2-4-16(14)17(18)9-10-20(22)24(19)25(23)27/h1-4,7-13,15,23,26H,5-6H2. The molecular formula is C25H18O2. The average Bonchev–Trinajstić information content (AvgIpc) is 3.54. The summed E-state index contributed by atoms with van der Waals surface area (Å²) in [6.07, 6.45) is 4.88. The molecule has 1 unspecified atom stereocenters. The smallest absolute Gasteiger partial charge is 0.196 e. The number of fused-ring (bicyclic) bond motifs is 7. The number of carbonyl (C=O) groups excluding carboxylic acids is 1. The number of hydrogen-bond acceptors (Lipinski definition) is 2. The molecule has 1 saturated carbocycles. The lowest BCUT2D eigenvalue weighted by atomic mass is 9.83. The van der Waals surface area contributed by atoms with Crippen molar-refractivity contribution in [1.29, 1.82) is 0 Å². The van der Waals surface area contributed by atoms with E-state index in [9.17, 15) is 9.90 Å². The van der Waals surface area contributed by atoms with Crippen LogP contribution in [0, 0.1) is 0 Å². The van der Waals surface area contributed by atoms with Gasteiger partial charge < -0.3 is 5.11 Å². The molecule has 0 spiro atoms. The molecule has 0 aromatic heterocycles. The highest BCUT2D eigenvalue weighted by Gasteiger charge is 2.32. The van der Waals surface area contributed by atoms with Crippen molar-refractivity contribution in [2.75, 3.05) is 0 Å². The first-order valence-corrected chi connectivity index (χ1v) is 9.54. The first kappa shape index (κ1) is 15.1. The lowest BCUT2D eigenvalue weighted by Gasteiger charge is -2.21. The summed E-state index contributed by atoms with van der Waals surface area (Å²) >= 11 is 0. The first-order chi connectivity index (χ1) is 13.2. The number of Topliss-reactive ketones (excluding diaryl/α,β-unsaturated/α-hetero) is 1. The molecule has 0 radical (unpaired) electrons. The highest BCUT2D eigenvalue weighted by molar-refractivity contribution is 6.23. The predicted molar refractivity (Wildman–Crippen MR) is 110 cm³/mol. The summed E-state index contributed by atoms with van der Waals surface area (Å²) in [7, 11) is 0. The molecule has 2 aliphatic carbocycles. The number of aliphatic hydroxyl groups is 1. The summed E-state index contributed by atoms with van der Waals surface area (Å²) in [5, 5.41) is 17.1. The van der Waals surface area contributed by atoms with Gasteiger partial charge in [-0.3, -0.25) is 4.79 Å². The Labute approximate surface area is 156 Å². The maximum atomic E-state index is 12.9. The van der Waals surface area contributed by atoms with Crippen LogP contribution in [0.4, 0.5) is 0 Å². The summed E-state index contributed by atoms with van der Waals surface area (Å²) < 4.78 is 0. The normalized spacial score (nSPS) is 19.1. The van der Waals surface area contributed by atoms with Crippen molar-refractivity contribution in [3.63, 3.8) is 0 Å². The number of hydrogen-bond donors (Lipinski definition) is 1. The van der Waals surface area contributed by atoms with Crippen LogP contribution in [0.25, 0.3) is 38.4 Å². The molecule has 4 aromatic carbocycles. The number of carbonyl (C=O) groups is 1. The number of ketones is 1. The molecule has 2 aliphatic rings. The molecule has 27 heavy (non-hydrogen) atoms. The molecular weight excluding hydrogens is 332 g/mol. The van der Waals surface area contributed by atoms with E-state index in [4.69, 9.17) is 0 Å². The van der Waals surface area contributed by atoms with Crippen molar-refractivity contribution < 1.29 is 9.90 Å². The maximum absolute atomic E-state index is 12.9. The van der Waals surface area contributed by atoms with Crippen LogP contribution in [0.15, 0.2) is 60.7 Å². The molecule has 0 bridgehead atoms. The minimum Gasteiger partial charge on any atom is -0.381 e. The molecule has 4 aromatic rings. The fraction of sp³-hybridized carbons (Fsp3) is 0.160. The average molecular weight is 350 g/mol. The van der Waals surface area contributed by atoms with Gasteiger partial charge in [-0.1, -0.05) is 54.6 Å². The van der Waals surface area contributed by atoms with Crippen molar-refractivity contribution in [1.82, 2.24) is 0 Å². The zero-order valence-electron chi connectivity index (χ0n) is 14.8. The molecule has 0 amide bonds. The summed E-state index contributed by atoms with van der Waals surface area (Å²) in [5.41, 5.74) is 2.97. The molecule has 2 heteroatoms. The van der Waals surface area contributed by atoms with Gasteiger partial charge in [0.1, 0.15) is 6.10 Å². The molecule has 6 rings (SSSR count). The van der Waals surface area contributed by atoms with E-state index in [2.05, 4.69) is 54.6 Å². The van der Waals surface area contributed by atoms with Gasteiger partial charge in [0.15, 0.2) is 5.78 Å². The van der Waals surface area contributed by atoms with Crippen LogP contribution in [0.2, 0.25) is 0 Å². The van der Waals surface area contributed by atoms with Gasteiger partial charge in [0, 0.05) is 5.56 Å². The maximum Gasteiger partial charge on any atom is 0.196 e. The summed E-state index contributed by atoms with van der Waals surface area (Å²) in [5.74, 6) is 0.353. The highest BCUT2D eigenvalue weighted by Crippen LogP contribution is 2.46. The van der Waals surface area contributed by atoms with Crippen LogP contribution >= 0.6 is 0 Å². The molecule has 1 fully saturated rings. The zero-order chi connectivity index (χ0) is 18.1. The Hall–Kier alpha value is -2.97. The highest BCUT2D eigenvalue weighted by atomic mass is 16.3. The predicted octanol–water partition coefficient (Wildman–Crippen LogP) is 5.59. The monoisotopic (exact) mass is 350 g/mol. The molecule has 1 N–H and O–H groups in total. The fourth-order valence-electron chi connectivity index (χ4n) is 4.61. The van der Waals surface area contributed by atoms with Crippen LogP contribution in [0.1, 0.15) is 40.2 Å². The summed E-state index contributed by atoms with van der Waals surface area (Å²) in [6.45, 7) is 0. The van der Waals surface area contributed by atoms with Crippen LogP contribution in [-0.2, 0) is 0 Å². The van der Waals surface area contributed by atoms with E-state index in [1.807, 2.05) is 6.08 Å². The van der Waals surface area contributed by atoms with E-state index in [1.165, 1.54) is 39.9 Å². The molecule has 2 nitrogen and oxygen atoms in total. The zero-order valence-corrected chi connectivity index (χ0v) is 14.8. The molecule has 0 saturated heterocycles. The third-order valence-electron chi connectivity index (χ3n) is 6.09. The largest absolute Gasteiger partial charge is 0.381 e. The quantitative estimate of drug-likeness (QED) is 0.454. The van der Waals surface area contributed by atoms with Crippen LogP contribution in [0.3, 0.4) is 0 Å². The Kier molecular flexibility index (Phi) is 2.95. The van der Waals surface area contributed by atoms with E-state index in [1.54, 1.807) is 6.08 Å². The number of benzene rings is 4. The number of rotatable bonds is 1. The third-order valence-corrected chi connectivity index (χ3v) is 6.09. The topological polar surface area (TPSA) is 37.3 Å². The van der Waals surface area contributed by atoms with Gasteiger partial charge in [0.2, 0.25) is 0 Å². The second-order valence-electron chi connectivity index (χ2n) is 7.74. The Morgan fingerprint density at radius 1 is 0.815 bits per heavy atom. The second kappa shape index (κ2) is 5.28. The Morgan fingerprint density at radius 2 is 1.56 bits per heavy atom. The van der Waals surface area contributed by atoms with Gasteiger partial charge in [-0.05, 0) is 74.3 Å². The van der Waals surface area contributed by atoms with E-state index >= 15 is 0 Å². The summed E-state index contributed by atoms with van der Waals surface area (Å²) in [6, 6.07) is 19.2. The minimum absolute atomic E-state index is 0.180. The van der Waals surface area contributed by atoms with E-state index in [0.717, 1.165) is 16.3 Å². The Bertz CT molecular complexity index is 1310. The second-order valence-corrected chi connectivity index (χ2v) is 7.74. The SMILES string of the molecule is O=C1c2c(c(C3CC3)cc3c2ccc2c4ccccc4ccc32)C=CC1O. The number of aliphatic hydroxyl groups excluding tert-OH is 1. The van der Waals surface area contributed by atoms with Crippen molar-refractivity contribution in [3.8, 4) is 0 Å². The van der Waals surface area contributed by atoms with Gasteiger partial charge in [-0.25, -0.2) is 0 Å². The van der Waals surface area contributed by atoms with Gasteiger partial charge in [0.05, 0.1) is 0 Å². The van der Waals surface area contributed by atoms with Crippen molar-refractivity contribution in [2.45, 2.75) is 24.9 Å². The lowest BCUT2D eigenvalue weighted by Crippen LogP contribution is -2.22. The van der Waals surface area contributed by atoms with Crippen LogP contribution in [0.5, 0.6) is 0 Å². The van der Waals surface area contributed by atoms with Gasteiger partial charge in [0.25, 0.3) is 0 Å². The molecule has 0 heterocycles. The lowest BCUT2D eigenvalue weighted by molar-refractivity contribution is 0.0820.